The number of nitrogens with zero attached hydrogens (tertiary/aromatic N) is 3. The van der Waals surface area contributed by atoms with Crippen molar-refractivity contribution in [1.82, 2.24) is 14.5 Å². The molecule has 0 aliphatic carbocycles. The Morgan fingerprint density at radius 1 is 1.31 bits per heavy atom. The van der Waals surface area contributed by atoms with Gasteiger partial charge in [0.15, 0.2) is 5.65 Å². The Hall–Kier alpha value is -1.45. The molecule has 0 N–H and O–H groups in total. The van der Waals surface area contributed by atoms with Crippen LogP contribution in [0.3, 0.4) is 0 Å². The molecule has 4 heteroatoms. The van der Waals surface area contributed by atoms with Crippen LogP contribution in [0.25, 0.3) is 11.2 Å². The van der Waals surface area contributed by atoms with E-state index in [1.54, 1.807) is 6.92 Å². The molecule has 0 bridgehead atoms. The number of rotatable bonds is 0. The number of pyridine rings is 1. The minimum absolute atomic E-state index is 0.300. The zero-order valence-corrected chi connectivity index (χ0v) is 7.80. The maximum absolute atomic E-state index is 13.1. The highest BCUT2D eigenvalue weighted by Gasteiger charge is 2.08. The maximum Gasteiger partial charge on any atom is 0.160 e. The summed E-state index contributed by atoms with van der Waals surface area (Å²) in [4.78, 5) is 8.30. The Bertz CT molecular complexity index is 473. The molecule has 0 fully saturated rings. The molecular weight excluding hydrogens is 169 g/mol. The van der Waals surface area contributed by atoms with Crippen LogP contribution in [0.15, 0.2) is 6.07 Å². The quantitative estimate of drug-likeness (QED) is 0.616. The second-order valence-corrected chi connectivity index (χ2v) is 3.12. The zero-order chi connectivity index (χ0) is 9.59. The third-order valence-corrected chi connectivity index (χ3v) is 2.20. The number of hydrogen-bond donors (Lipinski definition) is 0. The number of hydrogen-bond acceptors (Lipinski definition) is 2. The summed E-state index contributed by atoms with van der Waals surface area (Å²) in [6.45, 7) is 3.52. The van der Waals surface area contributed by atoms with Crippen molar-refractivity contribution in [3.8, 4) is 0 Å². The number of aromatic nitrogens is 3. The average Bonchev–Trinajstić information content (AvgIpc) is 2.32. The van der Waals surface area contributed by atoms with Crippen LogP contribution in [0.1, 0.15) is 11.5 Å². The molecule has 2 aromatic heterocycles. The molecule has 0 atom stereocenters. The summed E-state index contributed by atoms with van der Waals surface area (Å²) in [5.41, 5.74) is 1.76. The standard InChI is InChI=1S/C9H10FN3/c1-5-7(10)4-8-9(11-5)13(3)6(2)12-8/h4H,1-3H3. The predicted molar refractivity (Wildman–Crippen MR) is 47.9 cm³/mol. The van der Waals surface area contributed by atoms with Crippen molar-refractivity contribution in [2.75, 3.05) is 0 Å². The van der Waals surface area contributed by atoms with Gasteiger partial charge in [-0.05, 0) is 13.8 Å². The normalized spacial score (nSPS) is 11.1. The highest BCUT2D eigenvalue weighted by atomic mass is 19.1. The van der Waals surface area contributed by atoms with E-state index in [4.69, 9.17) is 0 Å². The lowest BCUT2D eigenvalue weighted by Gasteiger charge is -1.97. The Kier molecular flexibility index (Phi) is 1.58. The summed E-state index contributed by atoms with van der Waals surface area (Å²) in [6.07, 6.45) is 0. The lowest BCUT2D eigenvalue weighted by Crippen LogP contribution is -1.94. The molecule has 0 radical (unpaired) electrons. The lowest BCUT2D eigenvalue weighted by atomic mass is 10.3. The van der Waals surface area contributed by atoms with E-state index in [0.29, 0.717) is 11.2 Å². The second kappa shape index (κ2) is 2.52. The third kappa shape index (κ3) is 1.09. The Balaban J connectivity index is 2.89. The van der Waals surface area contributed by atoms with Gasteiger partial charge >= 0.3 is 0 Å². The smallest absolute Gasteiger partial charge is 0.160 e. The second-order valence-electron chi connectivity index (χ2n) is 3.12. The summed E-state index contributed by atoms with van der Waals surface area (Å²) < 4.78 is 14.9. The molecule has 68 valence electrons. The van der Waals surface area contributed by atoms with Crippen molar-refractivity contribution < 1.29 is 4.39 Å². The van der Waals surface area contributed by atoms with Crippen molar-refractivity contribution in [1.29, 1.82) is 0 Å². The molecule has 2 aromatic rings. The fourth-order valence-electron chi connectivity index (χ4n) is 1.29. The lowest BCUT2D eigenvalue weighted by molar-refractivity contribution is 0.612. The minimum atomic E-state index is -0.300. The van der Waals surface area contributed by atoms with Gasteiger partial charge in [-0.3, -0.25) is 0 Å². The molecule has 3 nitrogen and oxygen atoms in total. The molecule has 0 aliphatic rings. The minimum Gasteiger partial charge on any atom is -0.316 e. The average molecular weight is 179 g/mol. The predicted octanol–water partition coefficient (Wildman–Crippen LogP) is 1.72. The van der Waals surface area contributed by atoms with E-state index < -0.39 is 0 Å². The molecular formula is C9H10FN3. The largest absolute Gasteiger partial charge is 0.316 e. The molecule has 2 rings (SSSR count). The van der Waals surface area contributed by atoms with E-state index in [1.807, 2.05) is 18.5 Å². The topological polar surface area (TPSA) is 30.7 Å². The number of fused-ring (bicyclic) bond motifs is 1. The van der Waals surface area contributed by atoms with Crippen LogP contribution in [0.4, 0.5) is 4.39 Å². The molecule has 0 aromatic carbocycles. The van der Waals surface area contributed by atoms with Crippen LogP contribution < -0.4 is 0 Å². The van der Waals surface area contributed by atoms with Crippen LogP contribution in [-0.4, -0.2) is 14.5 Å². The fourth-order valence-corrected chi connectivity index (χ4v) is 1.29. The van der Waals surface area contributed by atoms with Crippen molar-refractivity contribution in [3.63, 3.8) is 0 Å². The summed E-state index contributed by atoms with van der Waals surface area (Å²) in [7, 11) is 1.87. The van der Waals surface area contributed by atoms with E-state index in [2.05, 4.69) is 9.97 Å². The van der Waals surface area contributed by atoms with E-state index in [1.165, 1.54) is 6.07 Å². The van der Waals surface area contributed by atoms with Gasteiger partial charge in [-0.25, -0.2) is 14.4 Å². The molecule has 2 heterocycles. The summed E-state index contributed by atoms with van der Waals surface area (Å²) in [5.74, 6) is 0.540. The van der Waals surface area contributed by atoms with Crippen LogP contribution >= 0.6 is 0 Å². The maximum atomic E-state index is 13.1. The van der Waals surface area contributed by atoms with Gasteiger partial charge in [0.25, 0.3) is 0 Å². The fraction of sp³-hybridized carbons (Fsp3) is 0.333. The van der Waals surface area contributed by atoms with E-state index in [0.717, 1.165) is 11.5 Å². The van der Waals surface area contributed by atoms with Crippen molar-refractivity contribution in [3.05, 3.63) is 23.4 Å². The van der Waals surface area contributed by atoms with Crippen LogP contribution in [0.5, 0.6) is 0 Å². The van der Waals surface area contributed by atoms with Gasteiger partial charge in [-0.1, -0.05) is 0 Å². The first kappa shape index (κ1) is 8.16. The third-order valence-electron chi connectivity index (χ3n) is 2.20. The number of halogens is 1. The van der Waals surface area contributed by atoms with Crippen LogP contribution in [0, 0.1) is 19.7 Å². The van der Waals surface area contributed by atoms with Gasteiger partial charge in [0, 0.05) is 13.1 Å². The van der Waals surface area contributed by atoms with Gasteiger partial charge in [-0.2, -0.15) is 0 Å². The molecule has 0 amide bonds. The summed E-state index contributed by atoms with van der Waals surface area (Å²) in [5, 5.41) is 0. The van der Waals surface area contributed by atoms with Crippen molar-refractivity contribution in [2.24, 2.45) is 7.05 Å². The van der Waals surface area contributed by atoms with Gasteiger partial charge in [0.05, 0.1) is 5.69 Å². The van der Waals surface area contributed by atoms with E-state index in [-0.39, 0.29) is 5.82 Å². The summed E-state index contributed by atoms with van der Waals surface area (Å²) >= 11 is 0. The Morgan fingerprint density at radius 3 is 2.69 bits per heavy atom. The monoisotopic (exact) mass is 179 g/mol. The van der Waals surface area contributed by atoms with Gasteiger partial charge < -0.3 is 4.57 Å². The molecule has 0 unspecified atom stereocenters. The van der Waals surface area contributed by atoms with E-state index >= 15 is 0 Å². The zero-order valence-electron chi connectivity index (χ0n) is 7.80. The molecule has 0 saturated carbocycles. The van der Waals surface area contributed by atoms with Crippen molar-refractivity contribution >= 4 is 11.2 Å². The van der Waals surface area contributed by atoms with E-state index in [9.17, 15) is 4.39 Å². The Morgan fingerprint density at radius 2 is 2.00 bits per heavy atom. The first-order valence-electron chi connectivity index (χ1n) is 4.06. The first-order valence-corrected chi connectivity index (χ1v) is 4.06. The van der Waals surface area contributed by atoms with Crippen LogP contribution in [0.2, 0.25) is 0 Å². The molecule has 0 saturated heterocycles. The number of imidazole rings is 1. The summed E-state index contributed by atoms with van der Waals surface area (Å²) in [6, 6.07) is 1.42. The van der Waals surface area contributed by atoms with Gasteiger partial charge in [0.1, 0.15) is 17.2 Å². The first-order chi connectivity index (χ1) is 6.09. The molecule has 0 spiro atoms. The highest BCUT2D eigenvalue weighted by molar-refractivity contribution is 5.71. The number of aryl methyl sites for hydroxylation is 3. The Labute approximate surface area is 75.2 Å². The highest BCUT2D eigenvalue weighted by Crippen LogP contribution is 2.15. The SMILES string of the molecule is Cc1nc2c(cc1F)nc(C)n2C. The van der Waals surface area contributed by atoms with Gasteiger partial charge in [0.2, 0.25) is 0 Å². The van der Waals surface area contributed by atoms with Crippen molar-refractivity contribution in [2.45, 2.75) is 13.8 Å². The van der Waals surface area contributed by atoms with Crippen LogP contribution in [-0.2, 0) is 7.05 Å². The molecule has 13 heavy (non-hydrogen) atoms. The van der Waals surface area contributed by atoms with Gasteiger partial charge in [-0.15, -0.1) is 0 Å². The molecule has 0 aliphatic heterocycles.